The number of hydrogen-bond donors (Lipinski definition) is 1. The number of anilines is 1. The maximum absolute atomic E-state index is 12.8. The van der Waals surface area contributed by atoms with Crippen molar-refractivity contribution in [3.05, 3.63) is 29.3 Å². The summed E-state index contributed by atoms with van der Waals surface area (Å²) >= 11 is 0. The molecule has 1 aliphatic heterocycles. The van der Waals surface area contributed by atoms with Gasteiger partial charge in [0.2, 0.25) is 0 Å². The fourth-order valence-electron chi connectivity index (χ4n) is 1.97. The number of morpholine rings is 1. The molecule has 1 fully saturated rings. The summed E-state index contributed by atoms with van der Waals surface area (Å²) in [6.45, 7) is 1.87. The van der Waals surface area contributed by atoms with E-state index in [4.69, 9.17) is 9.84 Å². The van der Waals surface area contributed by atoms with Crippen LogP contribution in [0.4, 0.5) is 18.9 Å². The molecule has 0 aliphatic carbocycles. The van der Waals surface area contributed by atoms with Gasteiger partial charge >= 0.3 is 12.1 Å². The fourth-order valence-corrected chi connectivity index (χ4v) is 1.97. The number of alkyl halides is 3. The van der Waals surface area contributed by atoms with Crippen molar-refractivity contribution in [3.63, 3.8) is 0 Å². The van der Waals surface area contributed by atoms with Crippen molar-refractivity contribution in [3.8, 4) is 0 Å². The highest BCUT2D eigenvalue weighted by molar-refractivity contribution is 5.90. The number of benzene rings is 1. The quantitative estimate of drug-likeness (QED) is 0.899. The molecule has 1 saturated heterocycles. The SMILES string of the molecule is O=C(O)c1ccc(N2CCOCC2)cc1C(F)(F)F. The van der Waals surface area contributed by atoms with E-state index >= 15 is 0 Å². The molecule has 19 heavy (non-hydrogen) atoms. The first-order valence-electron chi connectivity index (χ1n) is 5.67. The number of ether oxygens (including phenoxy) is 1. The fraction of sp³-hybridized carbons (Fsp3) is 0.417. The van der Waals surface area contributed by atoms with E-state index in [0.717, 1.165) is 12.1 Å². The molecule has 0 spiro atoms. The smallest absolute Gasteiger partial charge is 0.417 e. The third-order valence-corrected chi connectivity index (χ3v) is 2.92. The number of carboxylic acid groups (broad SMARTS) is 1. The maximum atomic E-state index is 12.8. The molecule has 104 valence electrons. The van der Waals surface area contributed by atoms with E-state index in [9.17, 15) is 18.0 Å². The molecule has 0 unspecified atom stereocenters. The number of aromatic carboxylic acids is 1. The Bertz CT molecular complexity index is 482. The minimum atomic E-state index is -4.68. The highest BCUT2D eigenvalue weighted by atomic mass is 19.4. The Kier molecular flexibility index (Phi) is 3.66. The average Bonchev–Trinajstić information content (AvgIpc) is 2.38. The number of hydrogen-bond acceptors (Lipinski definition) is 3. The average molecular weight is 275 g/mol. The van der Waals surface area contributed by atoms with E-state index in [1.165, 1.54) is 6.07 Å². The molecule has 2 rings (SSSR count). The summed E-state index contributed by atoms with van der Waals surface area (Å²) in [6.07, 6.45) is -4.68. The predicted octanol–water partition coefficient (Wildman–Crippen LogP) is 2.24. The molecule has 1 heterocycles. The highest BCUT2D eigenvalue weighted by Crippen LogP contribution is 2.34. The van der Waals surface area contributed by atoms with Gasteiger partial charge in [0.15, 0.2) is 0 Å². The van der Waals surface area contributed by atoms with Crippen LogP contribution in [0.5, 0.6) is 0 Å². The summed E-state index contributed by atoms with van der Waals surface area (Å²) < 4.78 is 43.7. The molecule has 0 aromatic heterocycles. The van der Waals surface area contributed by atoms with Crippen LogP contribution in [0, 0.1) is 0 Å². The molecule has 0 saturated carbocycles. The second-order valence-electron chi connectivity index (χ2n) is 4.13. The molecule has 0 radical (unpaired) electrons. The largest absolute Gasteiger partial charge is 0.478 e. The Morgan fingerprint density at radius 2 is 1.89 bits per heavy atom. The first-order valence-corrected chi connectivity index (χ1v) is 5.67. The van der Waals surface area contributed by atoms with Crippen molar-refractivity contribution in [1.29, 1.82) is 0 Å². The van der Waals surface area contributed by atoms with Gasteiger partial charge in [0.05, 0.1) is 24.3 Å². The maximum Gasteiger partial charge on any atom is 0.417 e. The first-order chi connectivity index (χ1) is 8.89. The highest BCUT2D eigenvalue weighted by Gasteiger charge is 2.36. The first kappa shape index (κ1) is 13.7. The summed E-state index contributed by atoms with van der Waals surface area (Å²) in [5, 5.41) is 8.80. The predicted molar refractivity (Wildman–Crippen MR) is 61.4 cm³/mol. The summed E-state index contributed by atoms with van der Waals surface area (Å²) in [4.78, 5) is 12.6. The minimum Gasteiger partial charge on any atom is -0.478 e. The third-order valence-electron chi connectivity index (χ3n) is 2.92. The van der Waals surface area contributed by atoms with E-state index in [-0.39, 0.29) is 0 Å². The molecule has 1 N–H and O–H groups in total. The Labute approximate surface area is 107 Å². The Morgan fingerprint density at radius 1 is 1.26 bits per heavy atom. The molecule has 4 nitrogen and oxygen atoms in total. The van der Waals surface area contributed by atoms with Gasteiger partial charge in [-0.05, 0) is 18.2 Å². The van der Waals surface area contributed by atoms with Gasteiger partial charge in [-0.15, -0.1) is 0 Å². The lowest BCUT2D eigenvalue weighted by molar-refractivity contribution is -0.138. The topological polar surface area (TPSA) is 49.8 Å². The summed E-state index contributed by atoms with van der Waals surface area (Å²) in [7, 11) is 0. The second-order valence-corrected chi connectivity index (χ2v) is 4.13. The monoisotopic (exact) mass is 275 g/mol. The zero-order valence-electron chi connectivity index (χ0n) is 9.91. The standard InChI is InChI=1S/C12H12F3NO3/c13-12(14,15)10-7-8(1-2-9(10)11(17)18)16-3-5-19-6-4-16/h1-2,7H,3-6H2,(H,17,18). The molecule has 0 amide bonds. The van der Waals surface area contributed by atoms with Crippen molar-refractivity contribution in [1.82, 2.24) is 0 Å². The second kappa shape index (κ2) is 5.08. The van der Waals surface area contributed by atoms with Crippen LogP contribution in [0.3, 0.4) is 0 Å². The van der Waals surface area contributed by atoms with Gasteiger partial charge in [0, 0.05) is 18.8 Å². The van der Waals surface area contributed by atoms with Crippen LogP contribution in [0.15, 0.2) is 18.2 Å². The lowest BCUT2D eigenvalue weighted by Gasteiger charge is -2.29. The number of carbonyl (C=O) groups is 1. The lowest BCUT2D eigenvalue weighted by Crippen LogP contribution is -2.36. The van der Waals surface area contributed by atoms with E-state index in [1.54, 1.807) is 4.90 Å². The summed E-state index contributed by atoms with van der Waals surface area (Å²) in [6, 6.07) is 3.27. The van der Waals surface area contributed by atoms with Crippen molar-refractivity contribution in [2.45, 2.75) is 6.18 Å². The van der Waals surface area contributed by atoms with Crippen LogP contribution in [0.1, 0.15) is 15.9 Å². The van der Waals surface area contributed by atoms with Gasteiger partial charge in [0.25, 0.3) is 0 Å². The Hall–Kier alpha value is -1.76. The van der Waals surface area contributed by atoms with Gasteiger partial charge in [-0.1, -0.05) is 0 Å². The molecular weight excluding hydrogens is 263 g/mol. The van der Waals surface area contributed by atoms with Gasteiger partial charge in [-0.3, -0.25) is 0 Å². The van der Waals surface area contributed by atoms with Crippen LogP contribution < -0.4 is 4.90 Å². The van der Waals surface area contributed by atoms with Gasteiger partial charge in [-0.25, -0.2) is 4.79 Å². The Morgan fingerprint density at radius 3 is 2.42 bits per heavy atom. The van der Waals surface area contributed by atoms with Crippen LogP contribution in [0.2, 0.25) is 0 Å². The van der Waals surface area contributed by atoms with Gasteiger partial charge in [-0.2, -0.15) is 13.2 Å². The van der Waals surface area contributed by atoms with Crippen molar-refractivity contribution in [2.24, 2.45) is 0 Å². The van der Waals surface area contributed by atoms with Crippen molar-refractivity contribution < 1.29 is 27.8 Å². The van der Waals surface area contributed by atoms with Crippen LogP contribution in [-0.4, -0.2) is 37.4 Å². The van der Waals surface area contributed by atoms with Crippen LogP contribution in [0.25, 0.3) is 0 Å². The third kappa shape index (κ3) is 2.98. The Balaban J connectivity index is 2.40. The van der Waals surface area contributed by atoms with E-state index < -0.39 is 23.3 Å². The summed E-state index contributed by atoms with van der Waals surface area (Å²) in [5.41, 5.74) is -1.49. The van der Waals surface area contributed by atoms with E-state index in [1.807, 2.05) is 0 Å². The van der Waals surface area contributed by atoms with Gasteiger partial charge < -0.3 is 14.7 Å². The molecule has 7 heteroatoms. The van der Waals surface area contributed by atoms with Crippen molar-refractivity contribution >= 4 is 11.7 Å². The number of nitrogens with zero attached hydrogens (tertiary/aromatic N) is 1. The molecule has 0 atom stereocenters. The molecule has 1 aromatic carbocycles. The number of carboxylic acids is 1. The van der Waals surface area contributed by atoms with Gasteiger partial charge in [0.1, 0.15) is 0 Å². The minimum absolute atomic E-state index is 0.362. The summed E-state index contributed by atoms with van der Waals surface area (Å²) in [5.74, 6) is -1.58. The van der Waals surface area contributed by atoms with E-state index in [0.29, 0.717) is 32.0 Å². The zero-order chi connectivity index (χ0) is 14.0. The molecule has 0 bridgehead atoms. The van der Waals surface area contributed by atoms with Crippen LogP contribution >= 0.6 is 0 Å². The molecular formula is C12H12F3NO3. The number of halogens is 3. The normalized spacial score (nSPS) is 16.5. The van der Waals surface area contributed by atoms with E-state index in [2.05, 4.69) is 0 Å². The molecule has 1 aliphatic rings. The van der Waals surface area contributed by atoms with Crippen LogP contribution in [-0.2, 0) is 10.9 Å². The molecule has 1 aromatic rings. The van der Waals surface area contributed by atoms with Crippen molar-refractivity contribution in [2.75, 3.05) is 31.2 Å². The zero-order valence-corrected chi connectivity index (χ0v) is 9.91. The number of rotatable bonds is 2. The lowest BCUT2D eigenvalue weighted by atomic mass is 10.1.